The molecule has 0 fully saturated rings. The van der Waals surface area contributed by atoms with Gasteiger partial charge in [0.2, 0.25) is 0 Å². The fourth-order valence-corrected chi connectivity index (χ4v) is 1.71. The quantitative estimate of drug-likeness (QED) is 0.680. The molecule has 0 amide bonds. The van der Waals surface area contributed by atoms with Gasteiger partial charge in [-0.3, -0.25) is 4.68 Å². The number of rotatable bonds is 2. The van der Waals surface area contributed by atoms with Crippen molar-refractivity contribution in [3.8, 4) is 11.1 Å². The zero-order valence-electron chi connectivity index (χ0n) is 9.38. The molecule has 2 N–H and O–H groups in total. The Balaban J connectivity index is 2.36. The highest BCUT2D eigenvalue weighted by molar-refractivity contribution is 6.33. The SMILES string of the molecule is Nc1cc(-c2cnn(CC(F)(F)F)c2)c(F)cc1Cl. The maximum absolute atomic E-state index is 13.7. The monoisotopic (exact) mass is 293 g/mol. The van der Waals surface area contributed by atoms with Gasteiger partial charge in [0.15, 0.2) is 0 Å². The smallest absolute Gasteiger partial charge is 0.398 e. The molecule has 1 heterocycles. The summed E-state index contributed by atoms with van der Waals surface area (Å²) in [6.07, 6.45) is -2.16. The maximum Gasteiger partial charge on any atom is 0.408 e. The standard InChI is InChI=1S/C11H8ClF4N3/c12-8-2-9(13)7(1-10(8)17)6-3-18-19(4-6)5-11(14,15)16/h1-4H,5,17H2. The van der Waals surface area contributed by atoms with Crippen LogP contribution in [0.1, 0.15) is 0 Å². The average Bonchev–Trinajstić information content (AvgIpc) is 2.69. The molecule has 8 heteroatoms. The van der Waals surface area contributed by atoms with Crippen LogP contribution >= 0.6 is 11.6 Å². The summed E-state index contributed by atoms with van der Waals surface area (Å²) in [4.78, 5) is 0. The fraction of sp³-hybridized carbons (Fsp3) is 0.182. The summed E-state index contributed by atoms with van der Waals surface area (Å²) in [5.41, 5.74) is 5.92. The third-order valence-electron chi connectivity index (χ3n) is 2.37. The van der Waals surface area contributed by atoms with E-state index in [4.69, 9.17) is 17.3 Å². The van der Waals surface area contributed by atoms with Gasteiger partial charge in [-0.1, -0.05) is 11.6 Å². The molecule has 2 aromatic rings. The topological polar surface area (TPSA) is 43.8 Å². The predicted molar refractivity (Wildman–Crippen MR) is 63.1 cm³/mol. The minimum atomic E-state index is -4.39. The van der Waals surface area contributed by atoms with E-state index < -0.39 is 18.5 Å². The van der Waals surface area contributed by atoms with Crippen molar-refractivity contribution in [3.05, 3.63) is 35.4 Å². The van der Waals surface area contributed by atoms with Crippen LogP contribution in [-0.2, 0) is 6.54 Å². The largest absolute Gasteiger partial charge is 0.408 e. The van der Waals surface area contributed by atoms with Crippen LogP contribution in [0.3, 0.4) is 0 Å². The van der Waals surface area contributed by atoms with Crippen LogP contribution < -0.4 is 5.73 Å². The van der Waals surface area contributed by atoms with E-state index in [1.165, 1.54) is 6.07 Å². The minimum Gasteiger partial charge on any atom is -0.398 e. The van der Waals surface area contributed by atoms with Gasteiger partial charge in [0.05, 0.1) is 16.9 Å². The first-order chi connectivity index (χ1) is 8.76. The van der Waals surface area contributed by atoms with Crippen molar-refractivity contribution < 1.29 is 17.6 Å². The molecule has 0 spiro atoms. The number of nitrogens with zero attached hydrogens (tertiary/aromatic N) is 2. The van der Waals surface area contributed by atoms with Gasteiger partial charge in [-0.25, -0.2) is 4.39 Å². The van der Waals surface area contributed by atoms with Crippen LogP contribution in [0.5, 0.6) is 0 Å². The number of hydrogen-bond donors (Lipinski definition) is 1. The molecule has 0 bridgehead atoms. The summed E-state index contributed by atoms with van der Waals surface area (Å²) in [6.45, 7) is -1.24. The van der Waals surface area contributed by atoms with Gasteiger partial charge in [0.25, 0.3) is 0 Å². The highest BCUT2D eigenvalue weighted by Gasteiger charge is 2.28. The summed E-state index contributed by atoms with van der Waals surface area (Å²) in [6, 6.07) is 2.26. The van der Waals surface area contributed by atoms with Crippen LogP contribution in [0.4, 0.5) is 23.2 Å². The molecule has 2 rings (SSSR count). The van der Waals surface area contributed by atoms with E-state index in [1.54, 1.807) is 0 Å². The van der Waals surface area contributed by atoms with Crippen molar-refractivity contribution in [1.29, 1.82) is 0 Å². The minimum absolute atomic E-state index is 0.0453. The summed E-state index contributed by atoms with van der Waals surface area (Å²) in [5, 5.41) is 3.57. The third kappa shape index (κ3) is 3.17. The Kier molecular flexibility index (Phi) is 3.40. The summed E-state index contributed by atoms with van der Waals surface area (Å²) in [5.74, 6) is -0.675. The summed E-state index contributed by atoms with van der Waals surface area (Å²) >= 11 is 5.63. The highest BCUT2D eigenvalue weighted by Crippen LogP contribution is 2.30. The van der Waals surface area contributed by atoms with Crippen LogP contribution in [0, 0.1) is 5.82 Å². The van der Waals surface area contributed by atoms with E-state index in [0.717, 1.165) is 18.5 Å². The molecular formula is C11H8ClF4N3. The van der Waals surface area contributed by atoms with Crippen molar-refractivity contribution in [2.45, 2.75) is 12.7 Å². The molecular weight excluding hydrogens is 286 g/mol. The van der Waals surface area contributed by atoms with Crippen LogP contribution in [0.25, 0.3) is 11.1 Å². The van der Waals surface area contributed by atoms with Crippen molar-refractivity contribution in [2.24, 2.45) is 0 Å². The lowest BCUT2D eigenvalue weighted by molar-refractivity contribution is -0.142. The van der Waals surface area contributed by atoms with Gasteiger partial charge in [0.1, 0.15) is 12.4 Å². The van der Waals surface area contributed by atoms with E-state index in [9.17, 15) is 17.6 Å². The van der Waals surface area contributed by atoms with Crippen LogP contribution in [-0.4, -0.2) is 16.0 Å². The maximum atomic E-state index is 13.7. The molecule has 0 aliphatic rings. The molecule has 1 aromatic carbocycles. The third-order valence-corrected chi connectivity index (χ3v) is 2.70. The number of alkyl halides is 3. The Morgan fingerprint density at radius 3 is 2.63 bits per heavy atom. The molecule has 0 atom stereocenters. The van der Waals surface area contributed by atoms with E-state index >= 15 is 0 Å². The predicted octanol–water partition coefficient (Wildman–Crippen LogP) is 3.49. The molecule has 0 unspecified atom stereocenters. The Bertz CT molecular complexity index is 606. The summed E-state index contributed by atoms with van der Waals surface area (Å²) < 4.78 is 50.9. The van der Waals surface area contributed by atoms with E-state index in [1.807, 2.05) is 0 Å². The molecule has 0 aliphatic carbocycles. The first-order valence-electron chi connectivity index (χ1n) is 5.10. The highest BCUT2D eigenvalue weighted by atomic mass is 35.5. The number of nitrogen functional groups attached to an aromatic ring is 1. The van der Waals surface area contributed by atoms with Gasteiger partial charge in [0, 0.05) is 17.3 Å². The molecule has 0 aliphatic heterocycles. The Morgan fingerprint density at radius 1 is 1.32 bits per heavy atom. The zero-order chi connectivity index (χ0) is 14.2. The molecule has 0 saturated carbocycles. The second-order valence-corrected chi connectivity index (χ2v) is 4.30. The lowest BCUT2D eigenvalue weighted by Gasteiger charge is -2.06. The second kappa shape index (κ2) is 4.73. The fourth-order valence-electron chi connectivity index (χ4n) is 1.56. The first-order valence-corrected chi connectivity index (χ1v) is 5.48. The number of nitrogens with two attached hydrogens (primary N) is 1. The normalized spacial score (nSPS) is 11.8. The second-order valence-electron chi connectivity index (χ2n) is 3.90. The van der Waals surface area contributed by atoms with Crippen LogP contribution in [0.2, 0.25) is 5.02 Å². The molecule has 1 aromatic heterocycles. The number of aromatic nitrogens is 2. The van der Waals surface area contributed by atoms with Crippen LogP contribution in [0.15, 0.2) is 24.5 Å². The van der Waals surface area contributed by atoms with E-state index in [-0.39, 0.29) is 21.8 Å². The van der Waals surface area contributed by atoms with Gasteiger partial charge in [-0.2, -0.15) is 18.3 Å². The lowest BCUT2D eigenvalue weighted by atomic mass is 10.1. The number of benzene rings is 1. The number of halogens is 5. The number of anilines is 1. The van der Waals surface area contributed by atoms with Crippen molar-refractivity contribution in [2.75, 3.05) is 5.73 Å². The Labute approximate surface area is 110 Å². The number of hydrogen-bond acceptors (Lipinski definition) is 2. The first kappa shape index (κ1) is 13.7. The van der Waals surface area contributed by atoms with E-state index in [0.29, 0.717) is 4.68 Å². The van der Waals surface area contributed by atoms with Gasteiger partial charge < -0.3 is 5.73 Å². The van der Waals surface area contributed by atoms with Crippen molar-refractivity contribution >= 4 is 17.3 Å². The van der Waals surface area contributed by atoms with Crippen molar-refractivity contribution in [3.63, 3.8) is 0 Å². The van der Waals surface area contributed by atoms with Gasteiger partial charge >= 0.3 is 6.18 Å². The molecule has 0 radical (unpaired) electrons. The Morgan fingerprint density at radius 2 is 2.00 bits per heavy atom. The lowest BCUT2D eigenvalue weighted by Crippen LogP contribution is -2.17. The van der Waals surface area contributed by atoms with Gasteiger partial charge in [-0.05, 0) is 12.1 Å². The van der Waals surface area contributed by atoms with Crippen molar-refractivity contribution in [1.82, 2.24) is 9.78 Å². The van der Waals surface area contributed by atoms with Gasteiger partial charge in [-0.15, -0.1) is 0 Å². The zero-order valence-corrected chi connectivity index (χ0v) is 10.1. The molecule has 19 heavy (non-hydrogen) atoms. The van der Waals surface area contributed by atoms with E-state index in [2.05, 4.69) is 5.10 Å². The molecule has 0 saturated heterocycles. The summed E-state index contributed by atoms with van der Waals surface area (Å²) in [7, 11) is 0. The average molecular weight is 294 g/mol. The molecule has 102 valence electrons. The Hall–Kier alpha value is -1.76. The molecule has 3 nitrogen and oxygen atoms in total.